The highest BCUT2D eigenvalue weighted by molar-refractivity contribution is 6.46. The number of halogens is 2. The van der Waals surface area contributed by atoms with Gasteiger partial charge in [0.15, 0.2) is 0 Å². The van der Waals surface area contributed by atoms with Crippen LogP contribution >= 0.6 is 23.2 Å². The molecule has 32 heavy (non-hydrogen) atoms. The van der Waals surface area contributed by atoms with E-state index in [1.807, 2.05) is 6.07 Å². The molecule has 0 aromatic heterocycles. The molecule has 1 aliphatic rings. The molecule has 4 rings (SSSR count). The zero-order valence-electron chi connectivity index (χ0n) is 17.2. The molecule has 0 unspecified atom stereocenters. The van der Waals surface area contributed by atoms with Gasteiger partial charge in [-0.3, -0.25) is 9.59 Å². The van der Waals surface area contributed by atoms with Crippen molar-refractivity contribution < 1.29 is 19.1 Å². The molecular formula is C24H18Cl2N2O4. The Hall–Kier alpha value is -3.48. The van der Waals surface area contributed by atoms with Crippen LogP contribution < -0.4 is 19.7 Å². The summed E-state index contributed by atoms with van der Waals surface area (Å²) in [7, 11) is 3.05. The summed E-state index contributed by atoms with van der Waals surface area (Å²) in [6.45, 7) is 0. The van der Waals surface area contributed by atoms with Crippen LogP contribution in [0.1, 0.15) is 5.56 Å². The number of nitrogens with zero attached hydrogens (tertiary/aromatic N) is 1. The summed E-state index contributed by atoms with van der Waals surface area (Å²) < 4.78 is 10.7. The second kappa shape index (κ2) is 8.94. The Morgan fingerprint density at radius 2 is 1.50 bits per heavy atom. The van der Waals surface area contributed by atoms with Crippen molar-refractivity contribution >= 4 is 52.0 Å². The van der Waals surface area contributed by atoms with Gasteiger partial charge in [0.05, 0.1) is 31.2 Å². The maximum Gasteiger partial charge on any atom is 0.282 e. The second-order valence-corrected chi connectivity index (χ2v) is 7.75. The first-order chi connectivity index (χ1) is 15.4. The van der Waals surface area contributed by atoms with Crippen molar-refractivity contribution in [2.45, 2.75) is 0 Å². The fraction of sp³-hybridized carbons (Fsp3) is 0.0833. The predicted molar refractivity (Wildman–Crippen MR) is 125 cm³/mol. The summed E-state index contributed by atoms with van der Waals surface area (Å²) in [6.07, 6.45) is 0. The summed E-state index contributed by atoms with van der Waals surface area (Å²) in [4.78, 5) is 28.0. The number of hydrogen-bond acceptors (Lipinski definition) is 5. The van der Waals surface area contributed by atoms with Gasteiger partial charge in [0.25, 0.3) is 11.8 Å². The minimum atomic E-state index is -0.537. The van der Waals surface area contributed by atoms with Gasteiger partial charge in [0, 0.05) is 16.1 Å². The van der Waals surface area contributed by atoms with Crippen molar-refractivity contribution in [3.05, 3.63) is 88.0 Å². The number of methoxy groups -OCH3 is 2. The van der Waals surface area contributed by atoms with Crippen molar-refractivity contribution in [3.63, 3.8) is 0 Å². The van der Waals surface area contributed by atoms with Gasteiger partial charge in [-0.1, -0.05) is 53.5 Å². The third-order valence-electron chi connectivity index (χ3n) is 4.92. The standard InChI is InChI=1S/C24H18Cl2N2O4/c1-31-18-8-9-19(20(13-18)32-2)27-22-21(14-6-4-3-5-7-14)23(29)28(24(22)30)17-11-15(25)10-16(26)12-17/h3-13,27H,1-2H3. The Morgan fingerprint density at radius 1 is 0.812 bits per heavy atom. The zero-order chi connectivity index (χ0) is 22.8. The van der Waals surface area contributed by atoms with Crippen LogP contribution in [0.2, 0.25) is 10.0 Å². The predicted octanol–water partition coefficient (Wildman–Crippen LogP) is 5.41. The van der Waals surface area contributed by atoms with Crippen LogP contribution in [0.4, 0.5) is 11.4 Å². The first kappa shape index (κ1) is 21.7. The van der Waals surface area contributed by atoms with Crippen LogP contribution in [0.25, 0.3) is 5.57 Å². The van der Waals surface area contributed by atoms with Gasteiger partial charge in [-0.05, 0) is 35.9 Å². The molecular weight excluding hydrogens is 451 g/mol. The lowest BCUT2D eigenvalue weighted by molar-refractivity contribution is -0.120. The first-order valence-corrected chi connectivity index (χ1v) is 10.3. The van der Waals surface area contributed by atoms with Crippen LogP contribution in [0.5, 0.6) is 11.5 Å². The maximum absolute atomic E-state index is 13.5. The lowest BCUT2D eigenvalue weighted by Crippen LogP contribution is -2.32. The maximum atomic E-state index is 13.5. The van der Waals surface area contributed by atoms with Gasteiger partial charge >= 0.3 is 0 Å². The SMILES string of the molecule is COc1ccc(NC2=C(c3ccccc3)C(=O)N(c3cc(Cl)cc(Cl)c3)C2=O)c(OC)c1. The molecule has 1 aliphatic heterocycles. The quantitative estimate of drug-likeness (QED) is 0.490. The molecule has 2 amide bonds. The fourth-order valence-electron chi connectivity index (χ4n) is 3.46. The number of carbonyl (C=O) groups is 2. The average molecular weight is 469 g/mol. The molecule has 8 heteroatoms. The first-order valence-electron chi connectivity index (χ1n) is 9.56. The molecule has 0 spiro atoms. The summed E-state index contributed by atoms with van der Waals surface area (Å²) in [6, 6.07) is 18.6. The van der Waals surface area contributed by atoms with Gasteiger partial charge in [-0.15, -0.1) is 0 Å². The van der Waals surface area contributed by atoms with E-state index in [-0.39, 0.29) is 17.0 Å². The van der Waals surface area contributed by atoms with Gasteiger partial charge in [0.1, 0.15) is 17.2 Å². The Labute approximate surface area is 195 Å². The number of hydrogen-bond donors (Lipinski definition) is 1. The van der Waals surface area contributed by atoms with E-state index in [0.29, 0.717) is 32.8 Å². The van der Waals surface area contributed by atoms with Crippen molar-refractivity contribution in [1.29, 1.82) is 0 Å². The molecule has 3 aromatic carbocycles. The normalized spacial score (nSPS) is 13.6. The van der Waals surface area contributed by atoms with Gasteiger partial charge < -0.3 is 14.8 Å². The minimum Gasteiger partial charge on any atom is -0.497 e. The van der Waals surface area contributed by atoms with Crippen LogP contribution in [0.3, 0.4) is 0 Å². The van der Waals surface area contributed by atoms with Crippen molar-refractivity contribution in [2.24, 2.45) is 0 Å². The fourth-order valence-corrected chi connectivity index (χ4v) is 3.97. The largest absolute Gasteiger partial charge is 0.497 e. The number of ether oxygens (including phenoxy) is 2. The molecule has 1 heterocycles. The number of carbonyl (C=O) groups excluding carboxylic acids is 2. The van der Waals surface area contributed by atoms with Gasteiger partial charge in [0.2, 0.25) is 0 Å². The highest BCUT2D eigenvalue weighted by Gasteiger charge is 2.40. The third-order valence-corrected chi connectivity index (χ3v) is 5.36. The molecule has 0 saturated heterocycles. The molecule has 3 aromatic rings. The molecule has 0 atom stereocenters. The van der Waals surface area contributed by atoms with Crippen molar-refractivity contribution in [1.82, 2.24) is 0 Å². The van der Waals surface area contributed by atoms with E-state index >= 15 is 0 Å². The molecule has 0 radical (unpaired) electrons. The number of rotatable bonds is 6. The molecule has 0 saturated carbocycles. The lowest BCUT2D eigenvalue weighted by Gasteiger charge is -2.17. The van der Waals surface area contributed by atoms with Gasteiger partial charge in [-0.25, -0.2) is 4.90 Å². The highest BCUT2D eigenvalue weighted by Crippen LogP contribution is 2.38. The van der Waals surface area contributed by atoms with Crippen LogP contribution in [-0.4, -0.2) is 26.0 Å². The summed E-state index contributed by atoms with van der Waals surface area (Å²) >= 11 is 12.2. The Balaban J connectivity index is 1.84. The van der Waals surface area contributed by atoms with E-state index in [4.69, 9.17) is 32.7 Å². The monoisotopic (exact) mass is 468 g/mol. The van der Waals surface area contributed by atoms with E-state index in [9.17, 15) is 9.59 Å². The number of nitrogens with one attached hydrogen (secondary N) is 1. The molecule has 0 bridgehead atoms. The molecule has 162 valence electrons. The highest BCUT2D eigenvalue weighted by atomic mass is 35.5. The number of benzene rings is 3. The van der Waals surface area contributed by atoms with E-state index < -0.39 is 11.8 Å². The number of anilines is 2. The zero-order valence-corrected chi connectivity index (χ0v) is 18.7. The second-order valence-electron chi connectivity index (χ2n) is 6.88. The molecule has 6 nitrogen and oxygen atoms in total. The van der Waals surface area contributed by atoms with Gasteiger partial charge in [-0.2, -0.15) is 0 Å². The van der Waals surface area contributed by atoms with E-state index in [1.165, 1.54) is 25.3 Å². The van der Waals surface area contributed by atoms with E-state index in [2.05, 4.69) is 5.32 Å². The Kier molecular flexibility index (Phi) is 6.08. The summed E-state index contributed by atoms with van der Waals surface area (Å²) in [5, 5.41) is 3.72. The van der Waals surface area contributed by atoms with E-state index in [0.717, 1.165) is 4.90 Å². The summed E-state index contributed by atoms with van der Waals surface area (Å²) in [5.41, 5.74) is 1.72. The topological polar surface area (TPSA) is 67.9 Å². The molecule has 0 aliphatic carbocycles. The Bertz CT molecular complexity index is 1220. The molecule has 1 N–H and O–H groups in total. The average Bonchev–Trinajstić information content (AvgIpc) is 3.03. The lowest BCUT2D eigenvalue weighted by atomic mass is 10.0. The van der Waals surface area contributed by atoms with Crippen LogP contribution in [0, 0.1) is 0 Å². The number of imide groups is 1. The van der Waals surface area contributed by atoms with Crippen molar-refractivity contribution in [3.8, 4) is 11.5 Å². The minimum absolute atomic E-state index is 0.112. The molecule has 0 fully saturated rings. The number of amides is 2. The Morgan fingerprint density at radius 3 is 2.12 bits per heavy atom. The smallest absolute Gasteiger partial charge is 0.282 e. The third kappa shape index (κ3) is 4.02. The van der Waals surface area contributed by atoms with Crippen LogP contribution in [-0.2, 0) is 9.59 Å². The van der Waals surface area contributed by atoms with Crippen molar-refractivity contribution in [2.75, 3.05) is 24.4 Å². The van der Waals surface area contributed by atoms with Crippen LogP contribution in [0.15, 0.2) is 72.4 Å². The van der Waals surface area contributed by atoms with E-state index in [1.54, 1.807) is 49.6 Å². The summed E-state index contributed by atoms with van der Waals surface area (Å²) in [5.74, 6) is 0.0158.